The van der Waals surface area contributed by atoms with Crippen molar-refractivity contribution in [3.8, 4) is 28.2 Å². The van der Waals surface area contributed by atoms with E-state index in [2.05, 4.69) is 210 Å². The maximum Gasteiger partial charge on any atom is 0.0979 e. The van der Waals surface area contributed by atoms with Crippen LogP contribution in [-0.2, 0) is 0 Å². The van der Waals surface area contributed by atoms with Gasteiger partial charge in [0.25, 0.3) is 0 Å². The smallest absolute Gasteiger partial charge is 0.0979 e. The summed E-state index contributed by atoms with van der Waals surface area (Å²) in [4.78, 5) is 13.2. The minimum Gasteiger partial charge on any atom is -0.311 e. The molecule has 0 radical (unpaired) electrons. The van der Waals surface area contributed by atoms with Gasteiger partial charge in [0, 0.05) is 55.4 Å². The van der Waals surface area contributed by atoms with Crippen molar-refractivity contribution in [2.75, 3.05) is 4.90 Å². The van der Waals surface area contributed by atoms with E-state index in [1.165, 1.54) is 32.6 Å². The fourth-order valence-corrected chi connectivity index (χ4v) is 8.40. The molecule has 0 saturated heterocycles. The third kappa shape index (κ3) is 5.15. The van der Waals surface area contributed by atoms with Gasteiger partial charge in [-0.1, -0.05) is 146 Å². The van der Waals surface area contributed by atoms with Crippen LogP contribution in [0.15, 0.2) is 206 Å². The van der Waals surface area contributed by atoms with E-state index in [0.717, 1.165) is 67.1 Å². The van der Waals surface area contributed by atoms with Crippen LogP contribution in [0.25, 0.3) is 82.6 Å². The van der Waals surface area contributed by atoms with Gasteiger partial charge in [-0.2, -0.15) is 0 Å². The monoisotopic (exact) mass is 714 g/mol. The van der Waals surface area contributed by atoms with Crippen molar-refractivity contribution in [1.29, 1.82) is 0 Å². The van der Waals surface area contributed by atoms with Gasteiger partial charge in [-0.3, -0.25) is 0 Å². The summed E-state index contributed by atoms with van der Waals surface area (Å²) in [7, 11) is 0. The molecule has 0 unspecified atom stereocenters. The fraction of sp³-hybridized carbons (Fsp3) is 0. The summed E-state index contributed by atoms with van der Waals surface area (Å²) >= 11 is 0. The molecule has 0 fully saturated rings. The summed E-state index contributed by atoms with van der Waals surface area (Å²) in [6.07, 6.45) is 0. The van der Waals surface area contributed by atoms with Gasteiger partial charge in [0.2, 0.25) is 0 Å². The molecule has 2 heterocycles. The molecule has 0 aliphatic heterocycles. The number of para-hydroxylation sites is 3. The minimum absolute atomic E-state index is 0.859. The van der Waals surface area contributed by atoms with E-state index in [1.807, 2.05) is 6.07 Å². The van der Waals surface area contributed by atoms with E-state index in [9.17, 15) is 0 Å². The van der Waals surface area contributed by atoms with Gasteiger partial charge in [0.05, 0.1) is 33.5 Å². The zero-order valence-corrected chi connectivity index (χ0v) is 30.4. The van der Waals surface area contributed by atoms with Crippen LogP contribution in [0.1, 0.15) is 0 Å². The molecular formula is C52H34N4. The first-order valence-electron chi connectivity index (χ1n) is 19.0. The van der Waals surface area contributed by atoms with Gasteiger partial charge in [-0.25, -0.2) is 9.97 Å². The van der Waals surface area contributed by atoms with Crippen molar-refractivity contribution in [2.24, 2.45) is 0 Å². The Morgan fingerprint density at radius 2 is 0.679 bits per heavy atom. The normalized spacial score (nSPS) is 11.6. The SMILES string of the molecule is c1ccc(-c2nc3c4ccccc4c4ccccc4c3nc2-c2ccc(N(c3ccccc3)c3ccc(-n4c5ccccc5c5ccccc54)cc3)cc2)cc1. The molecule has 0 saturated carbocycles. The summed E-state index contributed by atoms with van der Waals surface area (Å²) in [5.41, 5.74) is 12.3. The highest BCUT2D eigenvalue weighted by Crippen LogP contribution is 2.41. The van der Waals surface area contributed by atoms with Crippen LogP contribution in [0.3, 0.4) is 0 Å². The molecule has 11 aromatic rings. The van der Waals surface area contributed by atoms with Crippen molar-refractivity contribution in [1.82, 2.24) is 14.5 Å². The van der Waals surface area contributed by atoms with Gasteiger partial charge in [-0.15, -0.1) is 0 Å². The van der Waals surface area contributed by atoms with Gasteiger partial charge in [0.15, 0.2) is 0 Å². The van der Waals surface area contributed by atoms with Crippen molar-refractivity contribution in [3.05, 3.63) is 206 Å². The lowest BCUT2D eigenvalue weighted by molar-refractivity contribution is 1.17. The maximum absolute atomic E-state index is 5.49. The third-order valence-corrected chi connectivity index (χ3v) is 11.0. The number of aromatic nitrogens is 3. The molecule has 0 amide bonds. The summed E-state index contributed by atoms with van der Waals surface area (Å²) in [5.74, 6) is 0. The summed E-state index contributed by atoms with van der Waals surface area (Å²) < 4.78 is 2.36. The van der Waals surface area contributed by atoms with E-state index in [0.29, 0.717) is 0 Å². The Balaban J connectivity index is 1.05. The minimum atomic E-state index is 0.859. The third-order valence-electron chi connectivity index (χ3n) is 11.0. The molecule has 0 N–H and O–H groups in total. The Kier molecular flexibility index (Phi) is 7.46. The molecule has 0 aliphatic carbocycles. The van der Waals surface area contributed by atoms with Crippen LogP contribution in [0, 0.1) is 0 Å². The molecule has 4 heteroatoms. The second-order valence-corrected chi connectivity index (χ2v) is 14.2. The number of rotatable bonds is 6. The Labute approximate surface area is 324 Å². The fourth-order valence-electron chi connectivity index (χ4n) is 8.40. The molecule has 262 valence electrons. The molecule has 0 spiro atoms. The maximum atomic E-state index is 5.49. The Hall–Kier alpha value is -7.56. The molecule has 56 heavy (non-hydrogen) atoms. The standard InChI is InChI=1S/C52H34N4/c1-3-15-35(16-4-1)49-50(54-52-46-24-10-8-20-42(46)41-19-7-9-23-45(41)51(52)53-49)36-27-29-38(30-28-36)55(37-17-5-2-6-18-37)39-31-33-40(34-32-39)56-47-25-13-11-21-43(47)44-22-12-14-26-48(44)56/h1-34H. The van der Waals surface area contributed by atoms with Crippen molar-refractivity contribution in [3.63, 3.8) is 0 Å². The predicted octanol–water partition coefficient (Wildman–Crippen LogP) is 13.8. The molecule has 2 aromatic heterocycles. The summed E-state index contributed by atoms with van der Waals surface area (Å²) in [5, 5.41) is 7.09. The Morgan fingerprint density at radius 1 is 0.304 bits per heavy atom. The summed E-state index contributed by atoms with van der Waals surface area (Å²) in [6, 6.07) is 73.0. The molecule has 0 atom stereocenters. The van der Waals surface area contributed by atoms with Gasteiger partial charge in [-0.05, 0) is 71.4 Å². The molecule has 9 aromatic carbocycles. The first-order valence-corrected chi connectivity index (χ1v) is 19.0. The lowest BCUT2D eigenvalue weighted by Gasteiger charge is -2.26. The number of hydrogen-bond donors (Lipinski definition) is 0. The second kappa shape index (κ2) is 13.1. The van der Waals surface area contributed by atoms with Crippen LogP contribution < -0.4 is 4.90 Å². The average Bonchev–Trinajstić information content (AvgIpc) is 3.62. The average molecular weight is 715 g/mol. The number of fused-ring (bicyclic) bond motifs is 9. The number of hydrogen-bond acceptors (Lipinski definition) is 3. The highest BCUT2D eigenvalue weighted by atomic mass is 15.1. The molecule has 11 rings (SSSR count). The van der Waals surface area contributed by atoms with Crippen LogP contribution >= 0.6 is 0 Å². The van der Waals surface area contributed by atoms with E-state index in [-0.39, 0.29) is 0 Å². The van der Waals surface area contributed by atoms with Gasteiger partial charge >= 0.3 is 0 Å². The number of nitrogens with zero attached hydrogens (tertiary/aromatic N) is 4. The molecule has 0 bridgehead atoms. The van der Waals surface area contributed by atoms with Crippen molar-refractivity contribution in [2.45, 2.75) is 0 Å². The first-order chi connectivity index (χ1) is 27.8. The number of anilines is 3. The zero-order valence-electron chi connectivity index (χ0n) is 30.4. The predicted molar refractivity (Wildman–Crippen MR) is 234 cm³/mol. The Bertz CT molecular complexity index is 3170. The highest BCUT2D eigenvalue weighted by Gasteiger charge is 2.19. The zero-order chi connectivity index (χ0) is 37.0. The lowest BCUT2D eigenvalue weighted by atomic mass is 9.98. The van der Waals surface area contributed by atoms with Crippen LogP contribution in [0.4, 0.5) is 17.1 Å². The largest absolute Gasteiger partial charge is 0.311 e. The van der Waals surface area contributed by atoms with Gasteiger partial charge < -0.3 is 9.47 Å². The van der Waals surface area contributed by atoms with Gasteiger partial charge in [0.1, 0.15) is 0 Å². The topological polar surface area (TPSA) is 34.0 Å². The molecular weight excluding hydrogens is 681 g/mol. The van der Waals surface area contributed by atoms with Crippen molar-refractivity contribution < 1.29 is 0 Å². The van der Waals surface area contributed by atoms with E-state index >= 15 is 0 Å². The van der Waals surface area contributed by atoms with E-state index < -0.39 is 0 Å². The van der Waals surface area contributed by atoms with E-state index in [1.54, 1.807) is 0 Å². The van der Waals surface area contributed by atoms with Crippen LogP contribution in [0.5, 0.6) is 0 Å². The Morgan fingerprint density at radius 3 is 1.20 bits per heavy atom. The summed E-state index contributed by atoms with van der Waals surface area (Å²) in [6.45, 7) is 0. The van der Waals surface area contributed by atoms with Crippen LogP contribution in [-0.4, -0.2) is 14.5 Å². The highest BCUT2D eigenvalue weighted by molar-refractivity contribution is 6.23. The van der Waals surface area contributed by atoms with Crippen LogP contribution in [0.2, 0.25) is 0 Å². The quantitative estimate of drug-likeness (QED) is 0.161. The lowest BCUT2D eigenvalue weighted by Crippen LogP contribution is -2.10. The number of benzene rings is 9. The molecule has 0 aliphatic rings. The molecule has 4 nitrogen and oxygen atoms in total. The second-order valence-electron chi connectivity index (χ2n) is 14.2. The first kappa shape index (κ1) is 31.9. The van der Waals surface area contributed by atoms with Crippen molar-refractivity contribution >= 4 is 71.4 Å². The van der Waals surface area contributed by atoms with E-state index in [4.69, 9.17) is 9.97 Å².